The van der Waals surface area contributed by atoms with Crippen LogP contribution in [0.1, 0.15) is 77.5 Å². The molecule has 0 bridgehead atoms. The Morgan fingerprint density at radius 3 is 2.26 bits per heavy atom. The van der Waals surface area contributed by atoms with Crippen molar-refractivity contribution < 1.29 is 33.0 Å². The fraction of sp³-hybridized carbons (Fsp3) is 0.485. The van der Waals surface area contributed by atoms with Gasteiger partial charge in [-0.3, -0.25) is 4.79 Å². The molecule has 2 aromatic carbocycles. The predicted octanol–water partition coefficient (Wildman–Crippen LogP) is 6.97. The summed E-state index contributed by atoms with van der Waals surface area (Å²) in [5.41, 5.74) is 2.90. The Kier molecular flexibility index (Phi) is 11.4. The molecule has 0 fully saturated rings. The third-order valence-corrected chi connectivity index (χ3v) is 5.94. The Morgan fingerprint density at radius 2 is 1.62 bits per heavy atom. The molecule has 0 atom stereocenters. The van der Waals surface area contributed by atoms with E-state index in [2.05, 4.69) is 10.3 Å². The van der Waals surface area contributed by atoms with Crippen LogP contribution < -0.4 is 14.8 Å². The van der Waals surface area contributed by atoms with E-state index in [1.807, 2.05) is 84.0 Å². The van der Waals surface area contributed by atoms with Crippen molar-refractivity contribution in [3.05, 3.63) is 65.0 Å². The normalized spacial score (nSPS) is 11.5. The Morgan fingerprint density at radius 1 is 0.929 bits per heavy atom. The number of carbonyl (C=O) groups excluding carboxylic acids is 2. The minimum atomic E-state index is -0.546. The van der Waals surface area contributed by atoms with Crippen molar-refractivity contribution in [1.29, 1.82) is 0 Å². The summed E-state index contributed by atoms with van der Waals surface area (Å²) in [6.45, 7) is 15.6. The van der Waals surface area contributed by atoms with Gasteiger partial charge in [-0.25, -0.2) is 9.78 Å². The summed E-state index contributed by atoms with van der Waals surface area (Å²) in [4.78, 5) is 29.1. The predicted molar refractivity (Wildman–Crippen MR) is 161 cm³/mol. The number of carbonyl (C=O) groups is 2. The molecule has 0 spiro atoms. The van der Waals surface area contributed by atoms with E-state index in [9.17, 15) is 9.59 Å². The van der Waals surface area contributed by atoms with Crippen LogP contribution in [-0.2, 0) is 33.7 Å². The molecule has 1 N–H and O–H groups in total. The van der Waals surface area contributed by atoms with Gasteiger partial charge in [-0.15, -0.1) is 0 Å². The summed E-state index contributed by atoms with van der Waals surface area (Å²) in [6.07, 6.45) is 0.616. The second-order valence-corrected chi connectivity index (χ2v) is 11.6. The monoisotopic (exact) mass is 580 g/mol. The summed E-state index contributed by atoms with van der Waals surface area (Å²) in [6, 6.07) is 13.3. The summed E-state index contributed by atoms with van der Waals surface area (Å²) < 4.78 is 28.3. The van der Waals surface area contributed by atoms with Crippen molar-refractivity contribution in [2.45, 2.75) is 99.0 Å². The fourth-order valence-corrected chi connectivity index (χ4v) is 4.15. The molecule has 9 nitrogen and oxygen atoms in total. The van der Waals surface area contributed by atoms with Gasteiger partial charge in [-0.1, -0.05) is 6.07 Å². The third-order valence-electron chi connectivity index (χ3n) is 5.94. The zero-order valence-electron chi connectivity index (χ0n) is 26.0. The molecule has 1 amide bonds. The van der Waals surface area contributed by atoms with Crippen LogP contribution in [0.15, 0.2) is 46.9 Å². The minimum absolute atomic E-state index is 0.105. The standard InChI is InChI=1S/C33H44N2O7/c1-21(2)39-27-13-10-25(11-14-27)31-35-29(23(5)41-31)17-18-38-28-15-9-24(12-16-30(36)42-33(6,7)8)26(19-28)20-34-32(37)40-22(3)4/h9-11,13-15,19,21-22H,12,16-18,20H2,1-8H3,(H,34,37). The molecule has 228 valence electrons. The molecule has 3 rings (SSSR count). The van der Waals surface area contributed by atoms with Crippen LogP contribution in [0.2, 0.25) is 0 Å². The van der Waals surface area contributed by atoms with Gasteiger partial charge in [-0.05, 0) is 109 Å². The number of nitrogens with zero attached hydrogens (tertiary/aromatic N) is 1. The molecule has 0 aliphatic heterocycles. The molecule has 9 heteroatoms. The van der Waals surface area contributed by atoms with Crippen LogP contribution in [0.3, 0.4) is 0 Å². The lowest BCUT2D eigenvalue weighted by atomic mass is 10.0. The van der Waals surface area contributed by atoms with Crippen LogP contribution in [-0.4, -0.2) is 41.5 Å². The first-order chi connectivity index (χ1) is 19.8. The first-order valence-electron chi connectivity index (χ1n) is 14.4. The van der Waals surface area contributed by atoms with E-state index < -0.39 is 11.7 Å². The Balaban J connectivity index is 1.65. The zero-order valence-corrected chi connectivity index (χ0v) is 26.0. The number of benzene rings is 2. The van der Waals surface area contributed by atoms with E-state index in [1.165, 1.54) is 0 Å². The number of ether oxygens (including phenoxy) is 4. The Bertz CT molecular complexity index is 1320. The molecule has 1 aromatic heterocycles. The van der Waals surface area contributed by atoms with Gasteiger partial charge in [-0.2, -0.15) is 0 Å². The number of amides is 1. The van der Waals surface area contributed by atoms with Gasteiger partial charge in [0.05, 0.1) is 24.5 Å². The van der Waals surface area contributed by atoms with Gasteiger partial charge >= 0.3 is 12.1 Å². The number of hydrogen-bond acceptors (Lipinski definition) is 8. The van der Waals surface area contributed by atoms with Crippen LogP contribution in [0.5, 0.6) is 11.5 Å². The summed E-state index contributed by atoms with van der Waals surface area (Å²) >= 11 is 0. The quantitative estimate of drug-likeness (QED) is 0.216. The van der Waals surface area contributed by atoms with Crippen LogP contribution in [0.4, 0.5) is 4.79 Å². The maximum Gasteiger partial charge on any atom is 0.407 e. The van der Waals surface area contributed by atoms with E-state index in [0.29, 0.717) is 31.1 Å². The molecule has 0 radical (unpaired) electrons. The van der Waals surface area contributed by atoms with Crippen molar-refractivity contribution >= 4 is 12.1 Å². The highest BCUT2D eigenvalue weighted by molar-refractivity contribution is 5.70. The van der Waals surface area contributed by atoms with Gasteiger partial charge in [0.15, 0.2) is 0 Å². The van der Waals surface area contributed by atoms with Gasteiger partial charge in [0.2, 0.25) is 5.89 Å². The van der Waals surface area contributed by atoms with Crippen molar-refractivity contribution in [2.24, 2.45) is 0 Å². The maximum atomic E-state index is 12.3. The largest absolute Gasteiger partial charge is 0.493 e. The number of hydrogen-bond donors (Lipinski definition) is 1. The Labute approximate surface area is 248 Å². The number of rotatable bonds is 13. The molecule has 0 unspecified atom stereocenters. The van der Waals surface area contributed by atoms with Gasteiger partial charge < -0.3 is 28.7 Å². The van der Waals surface area contributed by atoms with E-state index >= 15 is 0 Å². The summed E-state index contributed by atoms with van der Waals surface area (Å²) in [5.74, 6) is 2.46. The second kappa shape index (κ2) is 14.8. The topological polar surface area (TPSA) is 109 Å². The number of aromatic nitrogens is 1. The molecule has 0 aliphatic carbocycles. The van der Waals surface area contributed by atoms with Gasteiger partial charge in [0.25, 0.3) is 0 Å². The first kappa shape index (κ1) is 32.5. The lowest BCUT2D eigenvalue weighted by Gasteiger charge is -2.20. The zero-order chi connectivity index (χ0) is 30.9. The van der Waals surface area contributed by atoms with Crippen LogP contribution in [0.25, 0.3) is 11.5 Å². The van der Waals surface area contributed by atoms with Crippen LogP contribution in [0, 0.1) is 6.92 Å². The number of alkyl carbamates (subject to hydrolysis) is 1. The molecule has 0 saturated carbocycles. The average Bonchev–Trinajstić information content (AvgIpc) is 3.25. The third kappa shape index (κ3) is 10.8. The highest BCUT2D eigenvalue weighted by atomic mass is 16.6. The lowest BCUT2D eigenvalue weighted by Crippen LogP contribution is -2.27. The molecule has 3 aromatic rings. The number of nitrogens with one attached hydrogen (secondary N) is 1. The molecular weight excluding hydrogens is 536 g/mol. The number of esters is 1. The van der Waals surface area contributed by atoms with Crippen molar-refractivity contribution in [3.63, 3.8) is 0 Å². The van der Waals surface area contributed by atoms with E-state index in [4.69, 9.17) is 23.4 Å². The van der Waals surface area contributed by atoms with Crippen molar-refractivity contribution in [2.75, 3.05) is 6.61 Å². The number of aryl methyl sites for hydroxylation is 2. The van der Waals surface area contributed by atoms with E-state index in [1.54, 1.807) is 13.8 Å². The van der Waals surface area contributed by atoms with Crippen molar-refractivity contribution in [3.8, 4) is 23.0 Å². The molecule has 0 saturated heterocycles. The van der Waals surface area contributed by atoms with Gasteiger partial charge in [0, 0.05) is 24.9 Å². The Hall–Kier alpha value is -4.01. The summed E-state index contributed by atoms with van der Waals surface area (Å²) in [7, 11) is 0. The smallest absolute Gasteiger partial charge is 0.407 e. The average molecular weight is 581 g/mol. The highest BCUT2D eigenvalue weighted by Crippen LogP contribution is 2.25. The highest BCUT2D eigenvalue weighted by Gasteiger charge is 2.18. The molecular formula is C33H44N2O7. The van der Waals surface area contributed by atoms with E-state index in [-0.39, 0.29) is 31.1 Å². The molecule has 0 aliphatic rings. The SMILES string of the molecule is Cc1oc(-c2ccc(OC(C)C)cc2)nc1CCOc1ccc(CCC(=O)OC(C)(C)C)c(CNC(=O)OC(C)C)c1. The molecule has 42 heavy (non-hydrogen) atoms. The lowest BCUT2D eigenvalue weighted by molar-refractivity contribution is -0.154. The first-order valence-corrected chi connectivity index (χ1v) is 14.4. The fourth-order valence-electron chi connectivity index (χ4n) is 4.15. The van der Waals surface area contributed by atoms with E-state index in [0.717, 1.165) is 33.9 Å². The minimum Gasteiger partial charge on any atom is -0.493 e. The second-order valence-electron chi connectivity index (χ2n) is 11.6. The van der Waals surface area contributed by atoms with Gasteiger partial charge in [0.1, 0.15) is 22.9 Å². The summed E-state index contributed by atoms with van der Waals surface area (Å²) in [5, 5.41) is 2.78. The number of oxazole rings is 1. The van der Waals surface area contributed by atoms with Crippen LogP contribution >= 0.6 is 0 Å². The van der Waals surface area contributed by atoms with Crippen molar-refractivity contribution in [1.82, 2.24) is 10.3 Å². The molecule has 1 heterocycles. The maximum absolute atomic E-state index is 12.3.